The molecule has 2 aliphatic rings. The Morgan fingerprint density at radius 1 is 1.28 bits per heavy atom. The van der Waals surface area contributed by atoms with E-state index in [0.29, 0.717) is 0 Å². The van der Waals surface area contributed by atoms with Gasteiger partial charge in [0, 0.05) is 26.2 Å². The largest absolute Gasteiger partial charge is 0.314 e. The smallest absolute Gasteiger partial charge is 0.123 e. The van der Waals surface area contributed by atoms with E-state index in [9.17, 15) is 5.26 Å². The molecule has 2 fully saturated rings. The number of nitrogens with one attached hydrogen (secondary N) is 1. The summed E-state index contributed by atoms with van der Waals surface area (Å²) in [4.78, 5) is 2.28. The van der Waals surface area contributed by atoms with Crippen LogP contribution in [0.15, 0.2) is 24.3 Å². The second-order valence-electron chi connectivity index (χ2n) is 5.26. The highest BCUT2D eigenvalue weighted by Gasteiger charge is 2.26. The van der Waals surface area contributed by atoms with Gasteiger partial charge in [0.25, 0.3) is 0 Å². The van der Waals surface area contributed by atoms with Crippen LogP contribution < -0.4 is 5.32 Å². The van der Waals surface area contributed by atoms with Crippen molar-refractivity contribution in [2.75, 3.05) is 26.2 Å². The zero-order valence-electron chi connectivity index (χ0n) is 10.6. The number of hydrogen-bond donors (Lipinski definition) is 1. The van der Waals surface area contributed by atoms with E-state index in [1.54, 1.807) is 0 Å². The highest BCUT2D eigenvalue weighted by Crippen LogP contribution is 2.40. The van der Waals surface area contributed by atoms with Crippen molar-refractivity contribution in [2.24, 2.45) is 0 Å². The third-order valence-corrected chi connectivity index (χ3v) is 3.91. The lowest BCUT2D eigenvalue weighted by atomic mass is 10.0. The van der Waals surface area contributed by atoms with Crippen LogP contribution in [-0.2, 0) is 0 Å². The molecule has 94 valence electrons. The molecule has 1 atom stereocenters. The average molecular weight is 241 g/mol. The van der Waals surface area contributed by atoms with Crippen LogP contribution in [-0.4, -0.2) is 31.1 Å². The summed E-state index contributed by atoms with van der Waals surface area (Å²) in [6.07, 6.45) is 2.63. The number of benzene rings is 1. The lowest BCUT2D eigenvalue weighted by molar-refractivity contribution is 0.207. The molecule has 1 aromatic rings. The minimum Gasteiger partial charge on any atom is -0.314 e. The molecule has 3 heteroatoms. The molecule has 1 saturated carbocycles. The molecule has 1 unspecified atom stereocenters. The quantitative estimate of drug-likeness (QED) is 0.880. The first kappa shape index (κ1) is 11.7. The molecule has 0 radical (unpaired) electrons. The van der Waals surface area contributed by atoms with Crippen LogP contribution in [0.1, 0.15) is 35.9 Å². The van der Waals surface area contributed by atoms with E-state index in [-0.39, 0.29) is 6.04 Å². The van der Waals surface area contributed by atoms with Crippen LogP contribution in [0.25, 0.3) is 0 Å². The molecule has 3 rings (SSSR count). The van der Waals surface area contributed by atoms with Crippen molar-refractivity contribution in [3.05, 3.63) is 35.4 Å². The summed E-state index contributed by atoms with van der Waals surface area (Å²) in [6.45, 7) is 3.90. The number of rotatable bonds is 3. The van der Waals surface area contributed by atoms with Gasteiger partial charge in [0.2, 0.25) is 0 Å². The zero-order valence-corrected chi connectivity index (χ0v) is 10.6. The molecule has 1 aliphatic heterocycles. The van der Waals surface area contributed by atoms with E-state index in [2.05, 4.69) is 40.6 Å². The van der Waals surface area contributed by atoms with Gasteiger partial charge in [-0.1, -0.05) is 24.3 Å². The summed E-state index contributed by atoms with van der Waals surface area (Å²) in [5.41, 5.74) is 2.59. The summed E-state index contributed by atoms with van der Waals surface area (Å²) in [6, 6.07) is 11.0. The van der Waals surface area contributed by atoms with Crippen molar-refractivity contribution in [2.45, 2.75) is 24.8 Å². The first-order valence-electron chi connectivity index (χ1n) is 6.83. The van der Waals surface area contributed by atoms with Crippen LogP contribution in [0.2, 0.25) is 0 Å². The lowest BCUT2D eigenvalue weighted by Gasteiger charge is -2.31. The van der Waals surface area contributed by atoms with Gasteiger partial charge in [-0.05, 0) is 29.9 Å². The second-order valence-corrected chi connectivity index (χ2v) is 5.26. The number of hydrogen-bond acceptors (Lipinski definition) is 3. The SMILES string of the molecule is N#CC(c1cccc(C2CC2)c1)N1CCNCC1. The van der Waals surface area contributed by atoms with Crippen LogP contribution in [0.5, 0.6) is 0 Å². The third-order valence-electron chi connectivity index (χ3n) is 3.91. The van der Waals surface area contributed by atoms with Gasteiger partial charge in [-0.25, -0.2) is 0 Å². The predicted octanol–water partition coefficient (Wildman–Crippen LogP) is 2.03. The molecular weight excluding hydrogens is 222 g/mol. The molecule has 18 heavy (non-hydrogen) atoms. The Morgan fingerprint density at radius 3 is 2.72 bits per heavy atom. The van der Waals surface area contributed by atoms with Crippen molar-refractivity contribution in [1.82, 2.24) is 10.2 Å². The van der Waals surface area contributed by atoms with E-state index >= 15 is 0 Å². The maximum absolute atomic E-state index is 9.46. The van der Waals surface area contributed by atoms with Gasteiger partial charge in [-0.2, -0.15) is 5.26 Å². The summed E-state index contributed by atoms with van der Waals surface area (Å²) in [5.74, 6) is 0.757. The Hall–Kier alpha value is -1.37. The van der Waals surface area contributed by atoms with E-state index in [0.717, 1.165) is 32.1 Å². The summed E-state index contributed by atoms with van der Waals surface area (Å²) in [5, 5.41) is 12.8. The van der Waals surface area contributed by atoms with E-state index in [4.69, 9.17) is 0 Å². The number of piperazine rings is 1. The summed E-state index contributed by atoms with van der Waals surface area (Å²) >= 11 is 0. The molecule has 1 aliphatic carbocycles. The predicted molar refractivity (Wildman–Crippen MR) is 71.2 cm³/mol. The fourth-order valence-corrected chi connectivity index (χ4v) is 2.71. The van der Waals surface area contributed by atoms with Gasteiger partial charge in [-0.15, -0.1) is 0 Å². The Balaban J connectivity index is 1.81. The summed E-state index contributed by atoms with van der Waals surface area (Å²) < 4.78 is 0. The molecule has 0 bridgehead atoms. The van der Waals surface area contributed by atoms with Crippen molar-refractivity contribution in [1.29, 1.82) is 5.26 Å². The molecule has 0 spiro atoms. The first-order chi connectivity index (χ1) is 8.88. The average Bonchev–Trinajstić information content (AvgIpc) is 3.26. The van der Waals surface area contributed by atoms with Crippen molar-refractivity contribution >= 4 is 0 Å². The Labute approximate surface area is 108 Å². The minimum absolute atomic E-state index is 0.0780. The van der Waals surface area contributed by atoms with Gasteiger partial charge in [0.15, 0.2) is 0 Å². The number of nitrogens with zero attached hydrogens (tertiary/aromatic N) is 2. The normalized spacial score (nSPS) is 22.4. The molecule has 1 saturated heterocycles. The Bertz CT molecular complexity index is 453. The molecule has 3 nitrogen and oxygen atoms in total. The van der Waals surface area contributed by atoms with Crippen molar-refractivity contribution in [3.8, 4) is 6.07 Å². The Kier molecular flexibility index (Phi) is 3.31. The second kappa shape index (κ2) is 5.09. The fourth-order valence-electron chi connectivity index (χ4n) is 2.71. The van der Waals surface area contributed by atoms with Gasteiger partial charge in [0.1, 0.15) is 6.04 Å². The van der Waals surface area contributed by atoms with Crippen LogP contribution in [0.3, 0.4) is 0 Å². The van der Waals surface area contributed by atoms with Gasteiger partial charge >= 0.3 is 0 Å². The van der Waals surface area contributed by atoms with Gasteiger partial charge in [-0.3, -0.25) is 4.90 Å². The zero-order chi connectivity index (χ0) is 12.4. The fraction of sp³-hybridized carbons (Fsp3) is 0.533. The monoisotopic (exact) mass is 241 g/mol. The standard InChI is InChI=1S/C15H19N3/c16-11-15(18-8-6-17-7-9-18)14-3-1-2-13(10-14)12-4-5-12/h1-3,10,12,15,17H,4-9H2. The lowest BCUT2D eigenvalue weighted by Crippen LogP contribution is -2.44. The number of nitriles is 1. The van der Waals surface area contributed by atoms with Gasteiger partial charge in [0.05, 0.1) is 6.07 Å². The van der Waals surface area contributed by atoms with E-state index in [1.807, 2.05) is 0 Å². The molecule has 0 amide bonds. The van der Waals surface area contributed by atoms with Crippen molar-refractivity contribution in [3.63, 3.8) is 0 Å². The summed E-state index contributed by atoms with van der Waals surface area (Å²) in [7, 11) is 0. The molecule has 1 heterocycles. The highest BCUT2D eigenvalue weighted by atomic mass is 15.2. The maximum Gasteiger partial charge on any atom is 0.123 e. The maximum atomic E-state index is 9.46. The van der Waals surface area contributed by atoms with Crippen LogP contribution in [0, 0.1) is 11.3 Å². The van der Waals surface area contributed by atoms with Gasteiger partial charge < -0.3 is 5.32 Å². The first-order valence-corrected chi connectivity index (χ1v) is 6.83. The van der Waals surface area contributed by atoms with E-state index in [1.165, 1.54) is 24.0 Å². The minimum atomic E-state index is -0.0780. The molecule has 1 aromatic carbocycles. The van der Waals surface area contributed by atoms with Crippen molar-refractivity contribution < 1.29 is 0 Å². The molecule has 0 aromatic heterocycles. The third kappa shape index (κ3) is 2.40. The van der Waals surface area contributed by atoms with Crippen LogP contribution >= 0.6 is 0 Å². The molecule has 1 N–H and O–H groups in total. The van der Waals surface area contributed by atoms with E-state index < -0.39 is 0 Å². The van der Waals surface area contributed by atoms with Crippen LogP contribution in [0.4, 0.5) is 0 Å². The molecular formula is C15H19N3. The topological polar surface area (TPSA) is 39.1 Å². The highest BCUT2D eigenvalue weighted by molar-refractivity contribution is 5.33. The Morgan fingerprint density at radius 2 is 2.06 bits per heavy atom.